The second-order valence-corrected chi connectivity index (χ2v) is 8.30. The van der Waals surface area contributed by atoms with Crippen molar-refractivity contribution in [2.24, 2.45) is 7.05 Å². The molecule has 0 aliphatic carbocycles. The summed E-state index contributed by atoms with van der Waals surface area (Å²) in [6, 6.07) is 10.8. The van der Waals surface area contributed by atoms with Gasteiger partial charge in [0, 0.05) is 19.7 Å². The molecule has 2 aromatic carbocycles. The number of hydrogen-bond acceptors (Lipinski definition) is 6. The van der Waals surface area contributed by atoms with Gasteiger partial charge in [-0.2, -0.15) is 0 Å². The number of aromatic nitrogens is 1. The molecule has 0 saturated heterocycles. The Labute approximate surface area is 153 Å². The van der Waals surface area contributed by atoms with Crippen molar-refractivity contribution in [3.8, 4) is 0 Å². The zero-order valence-corrected chi connectivity index (χ0v) is 15.7. The van der Waals surface area contributed by atoms with Gasteiger partial charge in [-0.05, 0) is 35.9 Å². The lowest BCUT2D eigenvalue weighted by Crippen LogP contribution is -2.30. The number of ether oxygens (including phenoxy) is 1. The molecule has 1 amide bonds. The van der Waals surface area contributed by atoms with Crippen LogP contribution in [0.1, 0.15) is 15.9 Å². The van der Waals surface area contributed by atoms with Crippen LogP contribution >= 0.6 is 11.3 Å². The predicted molar refractivity (Wildman–Crippen MR) is 98.9 cm³/mol. The number of amides is 1. The van der Waals surface area contributed by atoms with Crippen LogP contribution in [-0.2, 0) is 28.4 Å². The van der Waals surface area contributed by atoms with Crippen molar-refractivity contribution < 1.29 is 17.9 Å². The van der Waals surface area contributed by atoms with Gasteiger partial charge in [0.25, 0.3) is 15.9 Å². The fourth-order valence-corrected chi connectivity index (χ4v) is 4.48. The summed E-state index contributed by atoms with van der Waals surface area (Å²) in [5.41, 5.74) is 1.61. The first kappa shape index (κ1) is 18.3. The van der Waals surface area contributed by atoms with Crippen LogP contribution in [0.4, 0.5) is 0 Å². The number of fused-ring (bicyclic) bond motifs is 1. The third-order valence-electron chi connectivity index (χ3n) is 3.80. The number of carbonyl (C=O) groups excluding carboxylic acids is 1. The van der Waals surface area contributed by atoms with Gasteiger partial charge in [0.05, 0.1) is 21.7 Å². The first-order valence-electron chi connectivity index (χ1n) is 7.56. The highest BCUT2D eigenvalue weighted by atomic mass is 32.2. The van der Waals surface area contributed by atoms with Crippen molar-refractivity contribution in [2.75, 3.05) is 7.11 Å². The van der Waals surface area contributed by atoms with E-state index in [1.165, 1.54) is 29.9 Å². The first-order chi connectivity index (χ1) is 12.3. The number of benzene rings is 2. The zero-order valence-electron chi connectivity index (χ0n) is 14.1. The zero-order chi connectivity index (χ0) is 18.9. The molecule has 0 aliphatic rings. The van der Waals surface area contributed by atoms with Gasteiger partial charge in [0.1, 0.15) is 0 Å². The molecule has 0 saturated carbocycles. The van der Waals surface area contributed by atoms with Crippen LogP contribution in [0.2, 0.25) is 0 Å². The normalized spacial score (nSPS) is 11.6. The largest absolute Gasteiger partial charge is 0.380 e. The molecule has 0 aliphatic heterocycles. The fourth-order valence-electron chi connectivity index (χ4n) is 2.49. The fraction of sp³-hybridized carbons (Fsp3) is 0.176. The van der Waals surface area contributed by atoms with Crippen molar-refractivity contribution >= 4 is 37.5 Å². The van der Waals surface area contributed by atoms with Gasteiger partial charge in [-0.3, -0.25) is 9.59 Å². The highest BCUT2D eigenvalue weighted by molar-refractivity contribution is 7.90. The Balaban J connectivity index is 1.90. The summed E-state index contributed by atoms with van der Waals surface area (Å²) in [5, 5.41) is 0. The van der Waals surface area contributed by atoms with E-state index in [1.807, 2.05) is 0 Å². The van der Waals surface area contributed by atoms with E-state index in [4.69, 9.17) is 4.74 Å². The van der Waals surface area contributed by atoms with Gasteiger partial charge < -0.3 is 9.30 Å². The van der Waals surface area contributed by atoms with Crippen molar-refractivity contribution in [1.29, 1.82) is 0 Å². The van der Waals surface area contributed by atoms with Crippen LogP contribution in [0.15, 0.2) is 52.2 Å². The molecule has 1 N–H and O–H groups in total. The van der Waals surface area contributed by atoms with Crippen molar-refractivity contribution in [3.05, 3.63) is 63.3 Å². The first-order valence-corrected chi connectivity index (χ1v) is 9.86. The van der Waals surface area contributed by atoms with E-state index >= 15 is 0 Å². The maximum Gasteiger partial charge on any atom is 0.307 e. The number of nitrogens with zero attached hydrogens (tertiary/aromatic N) is 1. The molecule has 136 valence electrons. The molecule has 7 nitrogen and oxygen atoms in total. The molecular weight excluding hydrogens is 376 g/mol. The molecule has 1 heterocycles. The Morgan fingerprint density at radius 2 is 2.00 bits per heavy atom. The van der Waals surface area contributed by atoms with Crippen LogP contribution < -0.4 is 9.60 Å². The van der Waals surface area contributed by atoms with E-state index in [-0.39, 0.29) is 15.3 Å². The molecule has 1 aromatic heterocycles. The van der Waals surface area contributed by atoms with Crippen LogP contribution in [0, 0.1) is 0 Å². The third kappa shape index (κ3) is 3.55. The summed E-state index contributed by atoms with van der Waals surface area (Å²) in [4.78, 5) is 23.8. The average molecular weight is 392 g/mol. The van der Waals surface area contributed by atoms with Crippen molar-refractivity contribution in [3.63, 3.8) is 0 Å². The number of hydrogen-bond donors (Lipinski definition) is 1. The van der Waals surface area contributed by atoms with Crippen molar-refractivity contribution in [1.82, 2.24) is 9.29 Å². The quantitative estimate of drug-likeness (QED) is 0.715. The Bertz CT molecular complexity index is 1150. The summed E-state index contributed by atoms with van der Waals surface area (Å²) < 4.78 is 34.1. The van der Waals surface area contributed by atoms with Gasteiger partial charge >= 0.3 is 4.87 Å². The van der Waals surface area contributed by atoms with Gasteiger partial charge in [-0.1, -0.05) is 23.5 Å². The minimum atomic E-state index is -4.06. The van der Waals surface area contributed by atoms with E-state index < -0.39 is 15.9 Å². The summed E-state index contributed by atoms with van der Waals surface area (Å²) in [6.07, 6.45) is 0. The van der Waals surface area contributed by atoms with E-state index in [9.17, 15) is 18.0 Å². The van der Waals surface area contributed by atoms with E-state index in [1.54, 1.807) is 31.3 Å². The minimum absolute atomic E-state index is 0.0757. The number of aryl methyl sites for hydroxylation is 1. The maximum atomic E-state index is 12.5. The summed E-state index contributed by atoms with van der Waals surface area (Å²) >= 11 is 0.948. The maximum absolute atomic E-state index is 12.5. The number of carbonyl (C=O) groups is 1. The number of sulfonamides is 1. The number of rotatable bonds is 5. The smallest absolute Gasteiger partial charge is 0.307 e. The highest BCUT2D eigenvalue weighted by Crippen LogP contribution is 2.21. The third-order valence-corrected chi connectivity index (χ3v) is 6.13. The van der Waals surface area contributed by atoms with E-state index in [2.05, 4.69) is 4.72 Å². The van der Waals surface area contributed by atoms with Gasteiger partial charge in [0.15, 0.2) is 0 Å². The standard InChI is InChI=1S/C17H16N2O5S2/c1-19-14-7-6-13(9-15(14)25-17(19)21)26(22,23)18-16(20)12-5-3-4-11(8-12)10-24-2/h3-9H,10H2,1-2H3,(H,18,20). The number of thiazole rings is 1. The molecular formula is C17H16N2O5S2. The SMILES string of the molecule is COCc1cccc(C(=O)NS(=O)(=O)c2ccc3c(c2)sc(=O)n3C)c1. The summed E-state index contributed by atoms with van der Waals surface area (Å²) in [7, 11) is -0.915. The van der Waals surface area contributed by atoms with Gasteiger partial charge in [-0.25, -0.2) is 13.1 Å². The van der Waals surface area contributed by atoms with E-state index in [0.717, 1.165) is 16.9 Å². The summed E-state index contributed by atoms with van der Waals surface area (Å²) in [6.45, 7) is 0.317. The molecule has 9 heteroatoms. The van der Waals surface area contributed by atoms with E-state index in [0.29, 0.717) is 16.8 Å². The van der Waals surface area contributed by atoms with Gasteiger partial charge in [0.2, 0.25) is 0 Å². The average Bonchev–Trinajstić information content (AvgIpc) is 2.89. The predicted octanol–water partition coefficient (Wildman–Crippen LogP) is 1.87. The van der Waals surface area contributed by atoms with Crippen LogP contribution in [0.3, 0.4) is 0 Å². The Morgan fingerprint density at radius 1 is 1.23 bits per heavy atom. The molecule has 0 fully saturated rings. The highest BCUT2D eigenvalue weighted by Gasteiger charge is 2.20. The second-order valence-electron chi connectivity index (χ2n) is 5.62. The second kappa shape index (κ2) is 7.02. The monoisotopic (exact) mass is 392 g/mol. The molecule has 3 rings (SSSR count). The van der Waals surface area contributed by atoms with Crippen LogP contribution in [-0.4, -0.2) is 26.0 Å². The lowest BCUT2D eigenvalue weighted by molar-refractivity contribution is 0.0981. The van der Waals surface area contributed by atoms with Crippen LogP contribution in [0.5, 0.6) is 0 Å². The number of nitrogens with one attached hydrogen (secondary N) is 1. The topological polar surface area (TPSA) is 94.5 Å². The molecule has 0 radical (unpaired) electrons. The molecule has 0 spiro atoms. The Kier molecular flexibility index (Phi) is 4.94. The number of methoxy groups -OCH3 is 1. The Hall–Kier alpha value is -2.49. The lowest BCUT2D eigenvalue weighted by atomic mass is 10.1. The molecule has 0 atom stereocenters. The van der Waals surface area contributed by atoms with Crippen molar-refractivity contribution in [2.45, 2.75) is 11.5 Å². The summed E-state index contributed by atoms with van der Waals surface area (Å²) in [5.74, 6) is -0.732. The molecule has 0 unspecified atom stereocenters. The Morgan fingerprint density at radius 3 is 2.73 bits per heavy atom. The molecule has 26 heavy (non-hydrogen) atoms. The minimum Gasteiger partial charge on any atom is -0.380 e. The molecule has 0 bridgehead atoms. The van der Waals surface area contributed by atoms with Crippen LogP contribution in [0.25, 0.3) is 10.2 Å². The lowest BCUT2D eigenvalue weighted by Gasteiger charge is -2.08. The molecule has 3 aromatic rings. The van der Waals surface area contributed by atoms with Gasteiger partial charge in [-0.15, -0.1) is 0 Å².